The summed E-state index contributed by atoms with van der Waals surface area (Å²) in [6, 6.07) is 15.3. The molecule has 0 heterocycles. The third-order valence-electron chi connectivity index (χ3n) is 2.55. The Labute approximate surface area is 115 Å². The van der Waals surface area contributed by atoms with Crippen molar-refractivity contribution < 1.29 is 4.74 Å². The van der Waals surface area contributed by atoms with Crippen LogP contribution < -0.4 is 4.74 Å². The van der Waals surface area contributed by atoms with E-state index < -0.39 is 0 Å². The van der Waals surface area contributed by atoms with E-state index in [0.29, 0.717) is 11.3 Å². The third kappa shape index (κ3) is 2.91. The zero-order chi connectivity index (χ0) is 13.0. The maximum atomic E-state index is 8.85. The summed E-state index contributed by atoms with van der Waals surface area (Å²) in [5, 5.41) is 9.59. The lowest BCUT2D eigenvalue weighted by atomic mass is 10.1. The highest BCUT2D eigenvalue weighted by Crippen LogP contribution is 2.28. The van der Waals surface area contributed by atoms with Gasteiger partial charge in [0.15, 0.2) is 0 Å². The van der Waals surface area contributed by atoms with Gasteiger partial charge in [0.1, 0.15) is 11.5 Å². The molecule has 0 saturated heterocycles. The fraction of sp³-hybridized carbons (Fsp3) is 0.133. The second-order valence-corrected chi connectivity index (χ2v) is 4.55. The number of benzene rings is 2. The average Bonchev–Trinajstić information content (AvgIpc) is 2.41. The molecule has 0 N–H and O–H groups in total. The molecule has 90 valence electrons. The monoisotopic (exact) mass is 301 g/mol. The fourth-order valence-corrected chi connectivity index (χ4v) is 2.11. The Morgan fingerprint density at radius 1 is 1.22 bits per heavy atom. The van der Waals surface area contributed by atoms with E-state index in [1.165, 1.54) is 5.56 Å². The summed E-state index contributed by atoms with van der Waals surface area (Å²) in [6.45, 7) is 2.05. The largest absolute Gasteiger partial charge is 0.457 e. The SMILES string of the molecule is Cc1ccc(Oc2cccc(C#N)c2)c(CBr)c1. The highest BCUT2D eigenvalue weighted by molar-refractivity contribution is 9.08. The molecule has 0 saturated carbocycles. The van der Waals surface area contributed by atoms with Gasteiger partial charge in [0, 0.05) is 10.9 Å². The molecule has 2 nitrogen and oxygen atoms in total. The van der Waals surface area contributed by atoms with Gasteiger partial charge in [-0.3, -0.25) is 0 Å². The standard InChI is InChI=1S/C15H12BrNO/c1-11-5-6-15(13(7-11)9-16)18-14-4-2-3-12(8-14)10-17/h2-8H,9H2,1H3. The van der Waals surface area contributed by atoms with Crippen molar-refractivity contribution in [1.82, 2.24) is 0 Å². The minimum atomic E-state index is 0.597. The van der Waals surface area contributed by atoms with Crippen LogP contribution in [0.15, 0.2) is 42.5 Å². The highest BCUT2D eigenvalue weighted by Gasteiger charge is 2.05. The minimum absolute atomic E-state index is 0.597. The number of halogens is 1. The number of aryl methyl sites for hydroxylation is 1. The molecule has 0 aliphatic heterocycles. The normalized spacial score (nSPS) is 9.83. The first-order valence-electron chi connectivity index (χ1n) is 5.56. The van der Waals surface area contributed by atoms with E-state index in [2.05, 4.69) is 28.1 Å². The van der Waals surface area contributed by atoms with Gasteiger partial charge in [-0.1, -0.05) is 39.7 Å². The first-order chi connectivity index (χ1) is 8.72. The Hall–Kier alpha value is -1.79. The molecule has 18 heavy (non-hydrogen) atoms. The summed E-state index contributed by atoms with van der Waals surface area (Å²) >= 11 is 3.45. The van der Waals surface area contributed by atoms with Crippen molar-refractivity contribution >= 4 is 15.9 Å². The minimum Gasteiger partial charge on any atom is -0.457 e. The molecule has 2 rings (SSSR count). The summed E-state index contributed by atoms with van der Waals surface area (Å²) in [4.78, 5) is 0. The molecule has 2 aromatic carbocycles. The number of rotatable bonds is 3. The zero-order valence-corrected chi connectivity index (χ0v) is 11.6. The van der Waals surface area contributed by atoms with E-state index in [9.17, 15) is 0 Å². The van der Waals surface area contributed by atoms with Gasteiger partial charge in [-0.2, -0.15) is 5.26 Å². The Kier molecular flexibility index (Phi) is 4.01. The van der Waals surface area contributed by atoms with Crippen molar-refractivity contribution in [1.29, 1.82) is 5.26 Å². The third-order valence-corrected chi connectivity index (χ3v) is 3.16. The lowest BCUT2D eigenvalue weighted by Gasteiger charge is -2.10. The van der Waals surface area contributed by atoms with Crippen molar-refractivity contribution in [3.05, 3.63) is 59.2 Å². The van der Waals surface area contributed by atoms with E-state index in [-0.39, 0.29) is 0 Å². The summed E-state index contributed by atoms with van der Waals surface area (Å²) in [7, 11) is 0. The van der Waals surface area contributed by atoms with Gasteiger partial charge in [-0.25, -0.2) is 0 Å². The van der Waals surface area contributed by atoms with Crippen LogP contribution in [0, 0.1) is 18.3 Å². The lowest BCUT2D eigenvalue weighted by molar-refractivity contribution is 0.478. The molecule has 0 bridgehead atoms. The average molecular weight is 302 g/mol. The Balaban J connectivity index is 2.31. The van der Waals surface area contributed by atoms with Crippen LogP contribution in [0.3, 0.4) is 0 Å². The molecule has 0 aliphatic carbocycles. The lowest BCUT2D eigenvalue weighted by Crippen LogP contribution is -1.90. The molecule has 0 aromatic heterocycles. The zero-order valence-electron chi connectivity index (χ0n) is 9.98. The Morgan fingerprint density at radius 2 is 2.06 bits per heavy atom. The van der Waals surface area contributed by atoms with Gasteiger partial charge in [-0.15, -0.1) is 0 Å². The molecule has 2 aromatic rings. The summed E-state index contributed by atoms with van der Waals surface area (Å²) in [5.41, 5.74) is 2.89. The van der Waals surface area contributed by atoms with Crippen LogP contribution in [-0.2, 0) is 5.33 Å². The van der Waals surface area contributed by atoms with E-state index >= 15 is 0 Å². The van der Waals surface area contributed by atoms with Crippen LogP contribution in [-0.4, -0.2) is 0 Å². The molecule has 0 aliphatic rings. The van der Waals surface area contributed by atoms with Crippen molar-refractivity contribution in [3.8, 4) is 17.6 Å². The summed E-state index contributed by atoms with van der Waals surface area (Å²) < 4.78 is 5.82. The van der Waals surface area contributed by atoms with Gasteiger partial charge >= 0.3 is 0 Å². The molecule has 0 unspecified atom stereocenters. The molecule has 0 atom stereocenters. The van der Waals surface area contributed by atoms with Crippen LogP contribution in [0.2, 0.25) is 0 Å². The van der Waals surface area contributed by atoms with E-state index in [1.807, 2.05) is 31.2 Å². The predicted octanol–water partition coefficient (Wildman–Crippen LogP) is 4.55. The molecule has 0 spiro atoms. The molecule has 0 radical (unpaired) electrons. The van der Waals surface area contributed by atoms with Gasteiger partial charge < -0.3 is 4.74 Å². The van der Waals surface area contributed by atoms with Crippen LogP contribution >= 0.6 is 15.9 Å². The van der Waals surface area contributed by atoms with Gasteiger partial charge in [-0.05, 0) is 31.2 Å². The maximum absolute atomic E-state index is 8.85. The first-order valence-corrected chi connectivity index (χ1v) is 6.68. The van der Waals surface area contributed by atoms with Crippen LogP contribution in [0.4, 0.5) is 0 Å². The van der Waals surface area contributed by atoms with Crippen LogP contribution in [0.25, 0.3) is 0 Å². The van der Waals surface area contributed by atoms with Gasteiger partial charge in [0.2, 0.25) is 0 Å². The predicted molar refractivity (Wildman–Crippen MR) is 75.0 cm³/mol. The number of nitrogens with zero attached hydrogens (tertiary/aromatic N) is 1. The van der Waals surface area contributed by atoms with Crippen molar-refractivity contribution in [3.63, 3.8) is 0 Å². The second kappa shape index (κ2) is 5.70. The number of hydrogen-bond acceptors (Lipinski definition) is 2. The summed E-state index contributed by atoms with van der Waals surface area (Å²) in [5.74, 6) is 1.49. The molecule has 0 amide bonds. The highest BCUT2D eigenvalue weighted by atomic mass is 79.9. The number of ether oxygens (including phenoxy) is 1. The summed E-state index contributed by atoms with van der Waals surface area (Å²) in [6.07, 6.45) is 0. The topological polar surface area (TPSA) is 33.0 Å². The quantitative estimate of drug-likeness (QED) is 0.779. The van der Waals surface area contributed by atoms with Crippen molar-refractivity contribution in [2.24, 2.45) is 0 Å². The fourth-order valence-electron chi connectivity index (χ4n) is 1.67. The molecular weight excluding hydrogens is 290 g/mol. The van der Waals surface area contributed by atoms with Gasteiger partial charge in [0.05, 0.1) is 11.6 Å². The number of alkyl halides is 1. The smallest absolute Gasteiger partial charge is 0.131 e. The second-order valence-electron chi connectivity index (χ2n) is 3.99. The Morgan fingerprint density at radius 3 is 2.78 bits per heavy atom. The van der Waals surface area contributed by atoms with E-state index in [1.54, 1.807) is 12.1 Å². The molecular formula is C15H12BrNO. The van der Waals surface area contributed by atoms with E-state index in [4.69, 9.17) is 10.00 Å². The number of nitriles is 1. The van der Waals surface area contributed by atoms with Crippen molar-refractivity contribution in [2.45, 2.75) is 12.3 Å². The van der Waals surface area contributed by atoms with Crippen LogP contribution in [0.1, 0.15) is 16.7 Å². The molecule has 3 heteroatoms. The maximum Gasteiger partial charge on any atom is 0.131 e. The van der Waals surface area contributed by atoms with Gasteiger partial charge in [0.25, 0.3) is 0 Å². The molecule has 0 fully saturated rings. The van der Waals surface area contributed by atoms with Crippen LogP contribution in [0.5, 0.6) is 11.5 Å². The first kappa shape index (κ1) is 12.7. The van der Waals surface area contributed by atoms with E-state index in [0.717, 1.165) is 16.6 Å². The number of hydrogen-bond donors (Lipinski definition) is 0. The Bertz CT molecular complexity index is 602. The van der Waals surface area contributed by atoms with Crippen molar-refractivity contribution in [2.75, 3.05) is 0 Å².